The van der Waals surface area contributed by atoms with E-state index in [-0.39, 0.29) is 11.8 Å². The number of hydrogen-bond acceptors (Lipinski definition) is 6. The average molecular weight is 334 g/mol. The molecule has 2 amide bonds. The van der Waals surface area contributed by atoms with Crippen molar-refractivity contribution in [3.05, 3.63) is 18.1 Å². The first-order chi connectivity index (χ1) is 11.5. The number of aromatic nitrogens is 2. The summed E-state index contributed by atoms with van der Waals surface area (Å²) in [6.45, 7) is 5.89. The predicted octanol–water partition coefficient (Wildman–Crippen LogP) is -0.173. The van der Waals surface area contributed by atoms with E-state index in [1.54, 1.807) is 13.0 Å². The Labute approximate surface area is 142 Å². The molecule has 0 saturated carbocycles. The van der Waals surface area contributed by atoms with Crippen molar-refractivity contribution < 1.29 is 9.59 Å². The van der Waals surface area contributed by atoms with Crippen molar-refractivity contribution >= 4 is 17.6 Å². The number of nitrogens with zero attached hydrogens (tertiary/aromatic N) is 5. The topological polar surface area (TPSA) is 81.7 Å². The van der Waals surface area contributed by atoms with Gasteiger partial charge in [-0.25, -0.2) is 9.97 Å². The molecule has 24 heavy (non-hydrogen) atoms. The van der Waals surface area contributed by atoms with Crippen LogP contribution in [0, 0.1) is 0 Å². The fraction of sp³-hybridized carbons (Fsp3) is 0.625. The Bertz CT molecular complexity index is 569. The van der Waals surface area contributed by atoms with Gasteiger partial charge in [0.1, 0.15) is 17.8 Å². The van der Waals surface area contributed by atoms with Gasteiger partial charge in [0, 0.05) is 45.7 Å². The molecule has 132 valence electrons. The third-order valence-electron chi connectivity index (χ3n) is 4.00. The Morgan fingerprint density at radius 1 is 1.21 bits per heavy atom. The summed E-state index contributed by atoms with van der Waals surface area (Å²) in [5, 5.41) is 2.88. The molecule has 8 nitrogen and oxygen atoms in total. The molecule has 2 heterocycles. The summed E-state index contributed by atoms with van der Waals surface area (Å²) in [5.41, 5.74) is 0.374. The highest BCUT2D eigenvalue weighted by Gasteiger charge is 2.20. The first kappa shape index (κ1) is 18.1. The summed E-state index contributed by atoms with van der Waals surface area (Å²) in [6.07, 6.45) is 2.31. The number of piperazine rings is 1. The van der Waals surface area contributed by atoms with Gasteiger partial charge < -0.3 is 20.0 Å². The van der Waals surface area contributed by atoms with Crippen LogP contribution in [0.3, 0.4) is 0 Å². The third-order valence-corrected chi connectivity index (χ3v) is 4.00. The minimum absolute atomic E-state index is 0.0927. The van der Waals surface area contributed by atoms with Crippen LogP contribution < -0.4 is 10.2 Å². The van der Waals surface area contributed by atoms with E-state index in [0.717, 1.165) is 18.8 Å². The molecule has 0 unspecified atom stereocenters. The molecule has 1 N–H and O–H groups in total. The standard InChI is InChI=1S/C16H26N6O2/c1-13(23)21-7-9-22(10-8-21)15-11-14(18-12-19-15)16(24)17-5-4-6-20(2)3/h11-12H,4-10H2,1-3H3,(H,17,24). The molecule has 1 saturated heterocycles. The molecule has 0 aromatic carbocycles. The highest BCUT2D eigenvalue weighted by Crippen LogP contribution is 2.14. The zero-order chi connectivity index (χ0) is 17.5. The van der Waals surface area contributed by atoms with Crippen molar-refractivity contribution in [2.45, 2.75) is 13.3 Å². The van der Waals surface area contributed by atoms with E-state index in [4.69, 9.17) is 0 Å². The second-order valence-electron chi connectivity index (χ2n) is 6.17. The van der Waals surface area contributed by atoms with Crippen molar-refractivity contribution in [1.82, 2.24) is 25.1 Å². The van der Waals surface area contributed by atoms with E-state index >= 15 is 0 Å². The Morgan fingerprint density at radius 2 is 1.92 bits per heavy atom. The fourth-order valence-corrected chi connectivity index (χ4v) is 2.58. The van der Waals surface area contributed by atoms with Crippen molar-refractivity contribution in [3.63, 3.8) is 0 Å². The maximum absolute atomic E-state index is 12.2. The molecule has 1 aromatic heterocycles. The summed E-state index contributed by atoms with van der Waals surface area (Å²) in [6, 6.07) is 1.71. The number of rotatable bonds is 6. The number of anilines is 1. The van der Waals surface area contributed by atoms with Crippen LogP contribution in [0.15, 0.2) is 12.4 Å². The molecule has 0 radical (unpaired) electrons. The quantitative estimate of drug-likeness (QED) is 0.727. The third kappa shape index (κ3) is 5.16. The smallest absolute Gasteiger partial charge is 0.270 e. The van der Waals surface area contributed by atoms with Gasteiger partial charge in [-0.3, -0.25) is 9.59 Å². The Hall–Kier alpha value is -2.22. The minimum atomic E-state index is -0.181. The zero-order valence-corrected chi connectivity index (χ0v) is 14.7. The monoisotopic (exact) mass is 334 g/mol. The normalized spacial score (nSPS) is 14.8. The van der Waals surface area contributed by atoms with Crippen molar-refractivity contribution in [2.24, 2.45) is 0 Å². The van der Waals surface area contributed by atoms with Crippen LogP contribution in [0.4, 0.5) is 5.82 Å². The van der Waals surface area contributed by atoms with E-state index in [0.29, 0.717) is 38.4 Å². The summed E-state index contributed by atoms with van der Waals surface area (Å²) >= 11 is 0. The van der Waals surface area contributed by atoms with Crippen LogP contribution in [0.5, 0.6) is 0 Å². The van der Waals surface area contributed by atoms with Gasteiger partial charge in [-0.1, -0.05) is 0 Å². The van der Waals surface area contributed by atoms with Crippen LogP contribution in [-0.2, 0) is 4.79 Å². The van der Waals surface area contributed by atoms with Gasteiger partial charge in [0.25, 0.3) is 5.91 Å². The second-order valence-corrected chi connectivity index (χ2v) is 6.17. The molecule has 1 aliphatic rings. The first-order valence-corrected chi connectivity index (χ1v) is 8.23. The van der Waals surface area contributed by atoms with Gasteiger partial charge in [-0.2, -0.15) is 0 Å². The van der Waals surface area contributed by atoms with Crippen LogP contribution in [0.2, 0.25) is 0 Å². The number of carbonyl (C=O) groups excluding carboxylic acids is 2. The van der Waals surface area contributed by atoms with E-state index in [9.17, 15) is 9.59 Å². The lowest BCUT2D eigenvalue weighted by Gasteiger charge is -2.34. The summed E-state index contributed by atoms with van der Waals surface area (Å²) < 4.78 is 0. The SMILES string of the molecule is CC(=O)N1CCN(c2cc(C(=O)NCCCN(C)C)ncn2)CC1. The van der Waals surface area contributed by atoms with Crippen LogP contribution in [0.25, 0.3) is 0 Å². The molecule has 8 heteroatoms. The second kappa shape index (κ2) is 8.58. The maximum atomic E-state index is 12.2. The van der Waals surface area contributed by atoms with Crippen molar-refractivity contribution in [2.75, 3.05) is 58.3 Å². The summed E-state index contributed by atoms with van der Waals surface area (Å²) in [4.78, 5) is 37.9. The molecule has 2 rings (SSSR count). The lowest BCUT2D eigenvalue weighted by molar-refractivity contribution is -0.129. The Kier molecular flexibility index (Phi) is 6.48. The molecule has 1 aliphatic heterocycles. The number of nitrogens with one attached hydrogen (secondary N) is 1. The zero-order valence-electron chi connectivity index (χ0n) is 14.7. The molecule has 0 bridgehead atoms. The number of hydrogen-bond donors (Lipinski definition) is 1. The van der Waals surface area contributed by atoms with Crippen molar-refractivity contribution in [3.8, 4) is 0 Å². The summed E-state index contributed by atoms with van der Waals surface area (Å²) in [5.74, 6) is 0.640. The molecular weight excluding hydrogens is 308 g/mol. The molecule has 1 fully saturated rings. The maximum Gasteiger partial charge on any atom is 0.270 e. The largest absolute Gasteiger partial charge is 0.353 e. The van der Waals surface area contributed by atoms with Gasteiger partial charge in [0.15, 0.2) is 0 Å². The molecule has 0 aliphatic carbocycles. The fourth-order valence-electron chi connectivity index (χ4n) is 2.58. The van der Waals surface area contributed by atoms with E-state index in [1.807, 2.05) is 19.0 Å². The number of amides is 2. The van der Waals surface area contributed by atoms with Crippen LogP contribution in [0.1, 0.15) is 23.8 Å². The van der Waals surface area contributed by atoms with Gasteiger partial charge in [-0.15, -0.1) is 0 Å². The van der Waals surface area contributed by atoms with E-state index < -0.39 is 0 Å². The first-order valence-electron chi connectivity index (χ1n) is 8.23. The van der Waals surface area contributed by atoms with Crippen molar-refractivity contribution in [1.29, 1.82) is 0 Å². The van der Waals surface area contributed by atoms with E-state index in [2.05, 4.69) is 25.1 Å². The molecule has 0 spiro atoms. The molecule has 0 atom stereocenters. The lowest BCUT2D eigenvalue weighted by Crippen LogP contribution is -2.48. The Morgan fingerprint density at radius 3 is 2.54 bits per heavy atom. The van der Waals surface area contributed by atoms with Gasteiger partial charge in [0.2, 0.25) is 5.91 Å². The van der Waals surface area contributed by atoms with E-state index in [1.165, 1.54) is 6.33 Å². The van der Waals surface area contributed by atoms with Gasteiger partial charge >= 0.3 is 0 Å². The Balaban J connectivity index is 1.89. The lowest BCUT2D eigenvalue weighted by atomic mass is 10.3. The van der Waals surface area contributed by atoms with Gasteiger partial charge in [-0.05, 0) is 27.1 Å². The average Bonchev–Trinajstić information content (AvgIpc) is 2.58. The highest BCUT2D eigenvalue weighted by atomic mass is 16.2. The molecular formula is C16H26N6O2. The highest BCUT2D eigenvalue weighted by molar-refractivity contribution is 5.92. The molecule has 1 aromatic rings. The van der Waals surface area contributed by atoms with Crippen LogP contribution in [-0.4, -0.2) is 84.9 Å². The van der Waals surface area contributed by atoms with Crippen LogP contribution >= 0.6 is 0 Å². The van der Waals surface area contributed by atoms with Gasteiger partial charge in [0.05, 0.1) is 0 Å². The predicted molar refractivity (Wildman–Crippen MR) is 92.0 cm³/mol. The number of carbonyl (C=O) groups is 2. The minimum Gasteiger partial charge on any atom is -0.353 e. The summed E-state index contributed by atoms with van der Waals surface area (Å²) in [7, 11) is 4.01.